The van der Waals surface area contributed by atoms with Gasteiger partial charge in [0, 0.05) is 17.7 Å². The number of amides is 1. The van der Waals surface area contributed by atoms with Crippen LogP contribution in [0.1, 0.15) is 31.1 Å². The minimum absolute atomic E-state index is 0.0311. The summed E-state index contributed by atoms with van der Waals surface area (Å²) in [5, 5.41) is 11.9. The first-order chi connectivity index (χ1) is 12.4. The summed E-state index contributed by atoms with van der Waals surface area (Å²) in [6.07, 6.45) is 0. The number of benzene rings is 2. The molecule has 8 nitrogen and oxygen atoms in total. The summed E-state index contributed by atoms with van der Waals surface area (Å²) in [5.74, 6) is -1.95. The fraction of sp³-hybridized carbons (Fsp3) is 0.167. The van der Waals surface area contributed by atoms with Gasteiger partial charge in [-0.2, -0.15) is 0 Å². The lowest BCUT2D eigenvalue weighted by molar-refractivity contribution is 0.0599. The molecule has 0 saturated heterocycles. The molecule has 0 aliphatic rings. The molecule has 0 radical (unpaired) electrons. The molecule has 0 aliphatic carbocycles. The Hall–Kier alpha value is -3.55. The lowest BCUT2D eigenvalue weighted by Gasteiger charge is -2.14. The molecule has 0 bridgehead atoms. The van der Waals surface area contributed by atoms with Crippen LogP contribution in [0.2, 0.25) is 0 Å². The normalized spacial score (nSPS) is 9.96. The third-order valence-electron chi connectivity index (χ3n) is 3.55. The highest BCUT2D eigenvalue weighted by molar-refractivity contribution is 6.09. The topological polar surface area (TPSA) is 111 Å². The van der Waals surface area contributed by atoms with E-state index in [1.807, 2.05) is 0 Å². The minimum Gasteiger partial charge on any atom is -0.493 e. The van der Waals surface area contributed by atoms with E-state index in [1.54, 1.807) is 0 Å². The predicted molar refractivity (Wildman–Crippen MR) is 92.2 cm³/mol. The number of carbonyl (C=O) groups is 3. The van der Waals surface area contributed by atoms with Crippen LogP contribution in [0.25, 0.3) is 0 Å². The number of rotatable bonds is 6. The number of nitrogens with one attached hydrogen (secondary N) is 1. The second-order valence-corrected chi connectivity index (χ2v) is 5.08. The Kier molecular flexibility index (Phi) is 5.79. The first-order valence-electron chi connectivity index (χ1n) is 7.40. The van der Waals surface area contributed by atoms with Crippen LogP contribution in [0.4, 0.5) is 5.69 Å². The second-order valence-electron chi connectivity index (χ2n) is 5.08. The molecule has 0 aliphatic heterocycles. The largest absolute Gasteiger partial charge is 0.493 e. The molecule has 1 amide bonds. The van der Waals surface area contributed by atoms with Gasteiger partial charge < -0.3 is 24.6 Å². The van der Waals surface area contributed by atoms with E-state index in [0.717, 1.165) is 0 Å². The van der Waals surface area contributed by atoms with Gasteiger partial charge in [0.1, 0.15) is 0 Å². The zero-order valence-corrected chi connectivity index (χ0v) is 14.4. The fourth-order valence-electron chi connectivity index (χ4n) is 2.26. The maximum Gasteiger partial charge on any atom is 0.337 e. The molecule has 136 valence electrons. The summed E-state index contributed by atoms with van der Waals surface area (Å²) < 4.78 is 14.8. The quantitative estimate of drug-likeness (QED) is 0.762. The molecule has 8 heteroatoms. The third-order valence-corrected chi connectivity index (χ3v) is 3.55. The van der Waals surface area contributed by atoms with Gasteiger partial charge in [-0.05, 0) is 18.2 Å². The number of hydrogen-bond donors (Lipinski definition) is 2. The van der Waals surface area contributed by atoms with Crippen molar-refractivity contribution in [3.8, 4) is 11.5 Å². The highest BCUT2D eigenvalue weighted by atomic mass is 16.5. The summed E-state index contributed by atoms with van der Waals surface area (Å²) in [4.78, 5) is 35.5. The first kappa shape index (κ1) is 18.8. The molecule has 2 N–H and O–H groups in total. The van der Waals surface area contributed by atoms with Crippen LogP contribution in [-0.4, -0.2) is 44.3 Å². The number of esters is 1. The van der Waals surface area contributed by atoms with E-state index in [0.29, 0.717) is 0 Å². The van der Waals surface area contributed by atoms with Gasteiger partial charge in [0.2, 0.25) is 0 Å². The number of anilines is 1. The average molecular weight is 359 g/mol. The van der Waals surface area contributed by atoms with Crippen LogP contribution in [0, 0.1) is 0 Å². The predicted octanol–water partition coefficient (Wildman–Crippen LogP) is 2.44. The van der Waals surface area contributed by atoms with Gasteiger partial charge in [-0.25, -0.2) is 9.59 Å². The summed E-state index contributed by atoms with van der Waals surface area (Å²) in [7, 11) is 4.00. The Morgan fingerprint density at radius 1 is 0.923 bits per heavy atom. The van der Waals surface area contributed by atoms with Crippen molar-refractivity contribution in [1.29, 1.82) is 0 Å². The molecule has 0 fully saturated rings. The van der Waals surface area contributed by atoms with Gasteiger partial charge in [-0.1, -0.05) is 6.07 Å². The van der Waals surface area contributed by atoms with Crippen molar-refractivity contribution < 1.29 is 33.7 Å². The molecule has 26 heavy (non-hydrogen) atoms. The number of methoxy groups -OCH3 is 3. The highest BCUT2D eigenvalue weighted by Gasteiger charge is 2.19. The van der Waals surface area contributed by atoms with E-state index < -0.39 is 17.8 Å². The van der Waals surface area contributed by atoms with E-state index in [-0.39, 0.29) is 33.9 Å². The highest BCUT2D eigenvalue weighted by Crippen LogP contribution is 2.33. The van der Waals surface area contributed by atoms with Crippen molar-refractivity contribution in [1.82, 2.24) is 0 Å². The Bertz CT molecular complexity index is 861. The smallest absolute Gasteiger partial charge is 0.337 e. The van der Waals surface area contributed by atoms with Crippen LogP contribution in [0.3, 0.4) is 0 Å². The molecule has 0 saturated carbocycles. The number of carboxylic acid groups (broad SMARTS) is 1. The Balaban J connectivity index is 2.39. The maximum atomic E-state index is 12.5. The van der Waals surface area contributed by atoms with Crippen molar-refractivity contribution in [2.24, 2.45) is 0 Å². The molecule has 2 rings (SSSR count). The van der Waals surface area contributed by atoms with Gasteiger partial charge in [0.25, 0.3) is 5.91 Å². The van der Waals surface area contributed by atoms with Crippen molar-refractivity contribution in [2.45, 2.75) is 0 Å². The summed E-state index contributed by atoms with van der Waals surface area (Å²) in [5.41, 5.74) is 0.230. The van der Waals surface area contributed by atoms with Gasteiger partial charge >= 0.3 is 11.9 Å². The lowest BCUT2D eigenvalue weighted by atomic mass is 10.1. The van der Waals surface area contributed by atoms with Crippen molar-refractivity contribution in [3.63, 3.8) is 0 Å². The number of ether oxygens (including phenoxy) is 3. The van der Waals surface area contributed by atoms with Crippen molar-refractivity contribution in [3.05, 3.63) is 53.1 Å². The lowest BCUT2D eigenvalue weighted by Crippen LogP contribution is -2.16. The van der Waals surface area contributed by atoms with Crippen LogP contribution in [-0.2, 0) is 4.74 Å². The SMILES string of the molecule is COC(=O)c1cccc(C(=O)Nc2cc(OC)c(OC)cc2C(=O)O)c1. The van der Waals surface area contributed by atoms with Crippen molar-refractivity contribution >= 4 is 23.5 Å². The zero-order valence-electron chi connectivity index (χ0n) is 14.4. The second kappa shape index (κ2) is 8.02. The molecule has 2 aromatic rings. The van der Waals surface area contributed by atoms with Gasteiger partial charge in [-0.15, -0.1) is 0 Å². The number of carbonyl (C=O) groups excluding carboxylic acids is 2. The minimum atomic E-state index is -1.25. The molecular formula is C18H17NO7. The molecule has 0 aromatic heterocycles. The van der Waals surface area contributed by atoms with E-state index in [1.165, 1.54) is 57.7 Å². The van der Waals surface area contributed by atoms with Gasteiger partial charge in [-0.3, -0.25) is 4.79 Å². The Morgan fingerprint density at radius 3 is 2.12 bits per heavy atom. The van der Waals surface area contributed by atoms with Crippen LogP contribution in [0.15, 0.2) is 36.4 Å². The third kappa shape index (κ3) is 3.92. The summed E-state index contributed by atoms with van der Waals surface area (Å²) in [6, 6.07) is 8.47. The van der Waals surface area contributed by atoms with Crippen LogP contribution >= 0.6 is 0 Å². The van der Waals surface area contributed by atoms with Crippen molar-refractivity contribution in [2.75, 3.05) is 26.6 Å². The summed E-state index contributed by atoms with van der Waals surface area (Å²) in [6.45, 7) is 0. The standard InChI is InChI=1S/C18H17NO7/c1-24-14-8-12(17(21)22)13(9-15(14)25-2)19-16(20)10-5-4-6-11(7-10)18(23)26-3/h4-9H,1-3H3,(H,19,20)(H,21,22). The van der Waals surface area contributed by atoms with Gasteiger partial charge in [0.05, 0.1) is 38.1 Å². The Labute approximate surface area is 149 Å². The molecule has 0 spiro atoms. The van der Waals surface area contributed by atoms with Crippen LogP contribution < -0.4 is 14.8 Å². The average Bonchev–Trinajstić information content (AvgIpc) is 2.66. The number of hydrogen-bond acceptors (Lipinski definition) is 6. The Morgan fingerprint density at radius 2 is 1.54 bits per heavy atom. The molecule has 0 atom stereocenters. The molecular weight excluding hydrogens is 342 g/mol. The summed E-state index contributed by atoms with van der Waals surface area (Å²) >= 11 is 0. The number of carboxylic acids is 1. The van der Waals surface area contributed by atoms with E-state index in [9.17, 15) is 19.5 Å². The molecule has 2 aromatic carbocycles. The monoisotopic (exact) mass is 359 g/mol. The first-order valence-corrected chi connectivity index (χ1v) is 7.40. The zero-order chi connectivity index (χ0) is 19.3. The maximum absolute atomic E-state index is 12.5. The molecule has 0 heterocycles. The van der Waals surface area contributed by atoms with Gasteiger partial charge in [0.15, 0.2) is 11.5 Å². The van der Waals surface area contributed by atoms with E-state index in [4.69, 9.17) is 9.47 Å². The van der Waals surface area contributed by atoms with E-state index in [2.05, 4.69) is 10.1 Å². The van der Waals surface area contributed by atoms with Crippen LogP contribution in [0.5, 0.6) is 11.5 Å². The number of aromatic carboxylic acids is 1. The fourth-order valence-corrected chi connectivity index (χ4v) is 2.26. The molecule has 0 unspecified atom stereocenters. The van der Waals surface area contributed by atoms with E-state index >= 15 is 0 Å².